The van der Waals surface area contributed by atoms with Crippen LogP contribution in [0.1, 0.15) is 54.4 Å². The van der Waals surface area contributed by atoms with Gasteiger partial charge in [-0.2, -0.15) is 0 Å². The molecule has 3 aliphatic rings. The summed E-state index contributed by atoms with van der Waals surface area (Å²) in [5.41, 5.74) is 5.90. The van der Waals surface area contributed by atoms with Gasteiger partial charge >= 0.3 is 0 Å². The predicted octanol–water partition coefficient (Wildman–Crippen LogP) is 4.80. The van der Waals surface area contributed by atoms with E-state index in [1.165, 1.54) is 41.5 Å². The smallest absolute Gasteiger partial charge is 0.226 e. The fourth-order valence-corrected chi connectivity index (χ4v) is 5.22. The first-order valence-electron chi connectivity index (χ1n) is 9.89. The highest BCUT2D eigenvalue weighted by molar-refractivity contribution is 6.04. The summed E-state index contributed by atoms with van der Waals surface area (Å²) < 4.78 is 0. The van der Waals surface area contributed by atoms with Gasteiger partial charge in [-0.15, -0.1) is 0 Å². The second kappa shape index (κ2) is 5.95. The van der Waals surface area contributed by atoms with E-state index in [4.69, 9.17) is 9.99 Å². The summed E-state index contributed by atoms with van der Waals surface area (Å²) >= 11 is 0. The lowest BCUT2D eigenvalue weighted by Crippen LogP contribution is -2.52. The molecule has 2 aromatic rings. The third kappa shape index (κ3) is 2.13. The molecular formula is C23H26N2O. The topological polar surface area (TPSA) is 24.8 Å². The molecule has 26 heavy (non-hydrogen) atoms. The summed E-state index contributed by atoms with van der Waals surface area (Å²) in [6.07, 6.45) is 3.81. The van der Waals surface area contributed by atoms with Gasteiger partial charge in [0, 0.05) is 18.7 Å². The highest BCUT2D eigenvalue weighted by Crippen LogP contribution is 2.57. The summed E-state index contributed by atoms with van der Waals surface area (Å²) in [5.74, 6) is 0.649. The number of aryl methyl sites for hydroxylation is 1. The Labute approximate surface area is 155 Å². The highest BCUT2D eigenvalue weighted by Gasteiger charge is 2.62. The van der Waals surface area contributed by atoms with Crippen LogP contribution in [0.25, 0.3) is 0 Å². The second-order valence-corrected chi connectivity index (χ2v) is 8.03. The van der Waals surface area contributed by atoms with Crippen molar-refractivity contribution < 1.29 is 4.84 Å². The third-order valence-corrected chi connectivity index (χ3v) is 6.51. The van der Waals surface area contributed by atoms with Crippen LogP contribution in [0.4, 0.5) is 0 Å². The second-order valence-electron chi connectivity index (χ2n) is 8.03. The van der Waals surface area contributed by atoms with Crippen molar-refractivity contribution in [1.29, 1.82) is 0 Å². The van der Waals surface area contributed by atoms with Gasteiger partial charge in [0.1, 0.15) is 0 Å². The van der Waals surface area contributed by atoms with E-state index in [0.717, 1.165) is 18.8 Å². The first-order chi connectivity index (χ1) is 12.7. The summed E-state index contributed by atoms with van der Waals surface area (Å²) in [4.78, 5) is 8.98. The molecule has 1 saturated heterocycles. The van der Waals surface area contributed by atoms with Crippen LogP contribution >= 0.6 is 0 Å². The Hall–Kier alpha value is -2.13. The van der Waals surface area contributed by atoms with Gasteiger partial charge in [-0.05, 0) is 36.8 Å². The minimum Gasteiger partial charge on any atom is -0.367 e. The van der Waals surface area contributed by atoms with E-state index in [-0.39, 0.29) is 5.92 Å². The van der Waals surface area contributed by atoms with Crippen LogP contribution in [-0.4, -0.2) is 23.7 Å². The molecule has 2 aliphatic heterocycles. The molecule has 3 heteroatoms. The van der Waals surface area contributed by atoms with Crippen molar-refractivity contribution in [3.8, 4) is 0 Å². The minimum atomic E-state index is -0.420. The molecule has 0 unspecified atom stereocenters. The van der Waals surface area contributed by atoms with Crippen LogP contribution in [0, 0.1) is 12.8 Å². The van der Waals surface area contributed by atoms with Crippen molar-refractivity contribution in [1.82, 2.24) is 4.90 Å². The number of piperidine rings is 1. The maximum Gasteiger partial charge on any atom is 0.226 e. The highest BCUT2D eigenvalue weighted by atomic mass is 16.7. The van der Waals surface area contributed by atoms with E-state index in [0.29, 0.717) is 5.92 Å². The largest absolute Gasteiger partial charge is 0.367 e. The number of nitrogens with zero attached hydrogens (tertiary/aromatic N) is 2. The van der Waals surface area contributed by atoms with Crippen molar-refractivity contribution in [3.63, 3.8) is 0 Å². The SMILES string of the molecule is Cc1ccc(C2=NO[C@@]3(N4CCCCC4)c4ccccc4[C@H](C)[C@@H]23)cc1. The Morgan fingerprint density at radius 2 is 1.73 bits per heavy atom. The van der Waals surface area contributed by atoms with Crippen LogP contribution < -0.4 is 0 Å². The summed E-state index contributed by atoms with van der Waals surface area (Å²) in [6, 6.07) is 17.6. The lowest BCUT2D eigenvalue weighted by Gasteiger charge is -2.42. The standard InChI is InChI=1S/C23H26N2O/c1-16-10-12-18(13-11-16)22-21-17(2)19-8-4-5-9-20(19)23(21,26-24-22)25-14-6-3-7-15-25/h4-5,8-13,17,21H,3,6-7,14-15H2,1-2H3/t17-,21-,23-/m0/s1. The summed E-state index contributed by atoms with van der Waals surface area (Å²) in [5, 5.41) is 4.69. The molecule has 0 radical (unpaired) electrons. The van der Waals surface area contributed by atoms with Gasteiger partial charge in [0.05, 0.1) is 11.6 Å². The average molecular weight is 346 g/mol. The molecule has 2 heterocycles. The molecule has 1 aliphatic carbocycles. The first kappa shape index (κ1) is 16.1. The van der Waals surface area contributed by atoms with Gasteiger partial charge in [0.15, 0.2) is 0 Å². The number of hydrogen-bond donors (Lipinski definition) is 0. The van der Waals surface area contributed by atoms with E-state index < -0.39 is 5.72 Å². The third-order valence-electron chi connectivity index (χ3n) is 6.51. The lowest BCUT2D eigenvalue weighted by molar-refractivity contribution is -0.170. The molecule has 3 atom stereocenters. The van der Waals surface area contributed by atoms with Crippen LogP contribution in [-0.2, 0) is 10.6 Å². The Kier molecular flexibility index (Phi) is 3.68. The van der Waals surface area contributed by atoms with Gasteiger partial charge in [-0.1, -0.05) is 72.6 Å². The zero-order valence-electron chi connectivity index (χ0n) is 15.6. The number of hydrogen-bond acceptors (Lipinski definition) is 3. The molecule has 1 fully saturated rings. The average Bonchev–Trinajstić information content (AvgIpc) is 3.20. The predicted molar refractivity (Wildman–Crippen MR) is 104 cm³/mol. The summed E-state index contributed by atoms with van der Waals surface area (Å²) in [6.45, 7) is 6.65. The van der Waals surface area contributed by atoms with Crippen molar-refractivity contribution in [2.24, 2.45) is 11.1 Å². The van der Waals surface area contributed by atoms with Crippen molar-refractivity contribution in [3.05, 3.63) is 70.8 Å². The number of rotatable bonds is 2. The Morgan fingerprint density at radius 1 is 1.00 bits per heavy atom. The normalized spacial score (nSPS) is 30.5. The molecule has 0 amide bonds. The van der Waals surface area contributed by atoms with Crippen molar-refractivity contribution >= 4 is 5.71 Å². The Balaban J connectivity index is 1.64. The van der Waals surface area contributed by atoms with Gasteiger partial charge in [-0.3, -0.25) is 4.90 Å². The van der Waals surface area contributed by atoms with E-state index in [9.17, 15) is 0 Å². The molecule has 0 saturated carbocycles. The molecule has 0 bridgehead atoms. The fraction of sp³-hybridized carbons (Fsp3) is 0.435. The van der Waals surface area contributed by atoms with E-state index in [1.54, 1.807) is 0 Å². The number of likely N-dealkylation sites (tertiary alicyclic amines) is 1. The minimum absolute atomic E-state index is 0.251. The van der Waals surface area contributed by atoms with Crippen LogP contribution in [0.15, 0.2) is 53.7 Å². The van der Waals surface area contributed by atoms with Crippen molar-refractivity contribution in [2.75, 3.05) is 13.1 Å². The zero-order chi connectivity index (χ0) is 17.7. The zero-order valence-corrected chi connectivity index (χ0v) is 15.6. The van der Waals surface area contributed by atoms with Crippen LogP contribution in [0.3, 0.4) is 0 Å². The molecule has 3 nitrogen and oxygen atoms in total. The fourth-order valence-electron chi connectivity index (χ4n) is 5.22. The van der Waals surface area contributed by atoms with Crippen LogP contribution in [0.2, 0.25) is 0 Å². The molecule has 2 aromatic carbocycles. The molecule has 0 N–H and O–H groups in total. The van der Waals surface area contributed by atoms with Crippen LogP contribution in [0.5, 0.6) is 0 Å². The molecular weight excluding hydrogens is 320 g/mol. The van der Waals surface area contributed by atoms with E-state index >= 15 is 0 Å². The van der Waals surface area contributed by atoms with Gasteiger partial charge in [0.25, 0.3) is 0 Å². The Bertz CT molecular complexity index is 851. The molecule has 134 valence electrons. The number of fused-ring (bicyclic) bond motifs is 3. The lowest BCUT2D eigenvalue weighted by atomic mass is 9.81. The van der Waals surface area contributed by atoms with Gasteiger partial charge < -0.3 is 4.84 Å². The van der Waals surface area contributed by atoms with E-state index in [1.807, 2.05) is 0 Å². The molecule has 5 rings (SSSR count). The first-order valence-corrected chi connectivity index (χ1v) is 9.89. The number of benzene rings is 2. The monoisotopic (exact) mass is 346 g/mol. The van der Waals surface area contributed by atoms with Crippen molar-refractivity contribution in [2.45, 2.75) is 44.8 Å². The maximum absolute atomic E-state index is 6.41. The maximum atomic E-state index is 6.41. The van der Waals surface area contributed by atoms with E-state index in [2.05, 4.69) is 67.3 Å². The number of oxime groups is 1. The molecule has 0 spiro atoms. The quantitative estimate of drug-likeness (QED) is 0.780. The van der Waals surface area contributed by atoms with Gasteiger partial charge in [-0.25, -0.2) is 0 Å². The Morgan fingerprint density at radius 3 is 2.50 bits per heavy atom. The molecule has 0 aromatic heterocycles. The van der Waals surface area contributed by atoms with Gasteiger partial charge in [0.2, 0.25) is 5.72 Å². The summed E-state index contributed by atoms with van der Waals surface area (Å²) in [7, 11) is 0.